The predicted molar refractivity (Wildman–Crippen MR) is 172 cm³/mol. The van der Waals surface area contributed by atoms with Crippen molar-refractivity contribution < 1.29 is 45.2 Å². The molecule has 2 aliphatic carbocycles. The Hall–Kier alpha value is -5.43. The van der Waals surface area contributed by atoms with Gasteiger partial charge < -0.3 is 20.7 Å². The van der Waals surface area contributed by atoms with Crippen LogP contribution in [-0.2, 0) is 29.9 Å². The maximum Gasteiger partial charge on any atom is 0.435 e. The molecule has 2 aromatic carbocycles. The van der Waals surface area contributed by atoms with E-state index in [0.29, 0.717) is 27.3 Å². The number of anilines is 1. The molecule has 1 fully saturated rings. The van der Waals surface area contributed by atoms with E-state index in [4.69, 9.17) is 10.3 Å². The lowest BCUT2D eigenvalue weighted by molar-refractivity contribution is -0.144. The third-order valence-corrected chi connectivity index (χ3v) is 9.24. The van der Waals surface area contributed by atoms with Gasteiger partial charge in [-0.3, -0.25) is 9.48 Å². The molecule has 3 unspecified atom stereocenters. The number of nitrogens with one attached hydrogen (secondary N) is 1. The summed E-state index contributed by atoms with van der Waals surface area (Å²) in [4.78, 5) is 18.4. The summed E-state index contributed by atoms with van der Waals surface area (Å²) in [6.45, 7) is 1.84. The average molecular weight is 727 g/mol. The van der Waals surface area contributed by atoms with Crippen LogP contribution in [0.3, 0.4) is 0 Å². The largest absolute Gasteiger partial charge is 0.435 e. The van der Waals surface area contributed by atoms with Crippen LogP contribution in [0.5, 0.6) is 0 Å². The van der Waals surface area contributed by atoms with Crippen molar-refractivity contribution in [1.82, 2.24) is 25.2 Å². The van der Waals surface area contributed by atoms with Crippen LogP contribution < -0.4 is 11.1 Å². The minimum atomic E-state index is -5.05. The molecule has 3 atom stereocenters. The highest BCUT2D eigenvalue weighted by Gasteiger charge is 2.63. The van der Waals surface area contributed by atoms with Crippen LogP contribution in [0.1, 0.15) is 72.6 Å². The second-order valence-electron chi connectivity index (χ2n) is 13.5. The first-order chi connectivity index (χ1) is 24.4. The lowest BCUT2D eigenvalue weighted by Gasteiger charge is -2.34. The summed E-state index contributed by atoms with van der Waals surface area (Å²) in [5.74, 6) is -3.48. The molecule has 16 heteroatoms. The summed E-state index contributed by atoms with van der Waals surface area (Å²) in [7, 11) is 0. The van der Waals surface area contributed by atoms with Gasteiger partial charge in [-0.05, 0) is 80.8 Å². The van der Waals surface area contributed by atoms with Crippen molar-refractivity contribution in [1.29, 1.82) is 0 Å². The van der Waals surface area contributed by atoms with E-state index in [0.717, 1.165) is 12.1 Å². The van der Waals surface area contributed by atoms with E-state index >= 15 is 8.78 Å². The number of pyridine rings is 1. The number of alkyl halides is 5. The molecular formula is C36H29F7N6O3. The second-order valence-corrected chi connectivity index (χ2v) is 13.5. The summed E-state index contributed by atoms with van der Waals surface area (Å²) >= 11 is 0. The number of benzene rings is 2. The smallest absolute Gasteiger partial charge is 0.380 e. The van der Waals surface area contributed by atoms with Crippen molar-refractivity contribution in [3.63, 3.8) is 0 Å². The minimum absolute atomic E-state index is 0.0207. The maximum atomic E-state index is 15.5. The van der Waals surface area contributed by atoms with Crippen molar-refractivity contribution in [3.05, 3.63) is 94.1 Å². The highest BCUT2D eigenvalue weighted by Crippen LogP contribution is 2.64. The molecule has 3 aromatic heterocycles. The van der Waals surface area contributed by atoms with Gasteiger partial charge in [0, 0.05) is 28.7 Å². The van der Waals surface area contributed by atoms with E-state index in [-0.39, 0.29) is 47.6 Å². The van der Waals surface area contributed by atoms with Crippen molar-refractivity contribution >= 4 is 22.7 Å². The topological polar surface area (TPSA) is 132 Å². The van der Waals surface area contributed by atoms with Gasteiger partial charge in [-0.15, -0.1) is 0 Å². The molecule has 4 N–H and O–H groups in total. The summed E-state index contributed by atoms with van der Waals surface area (Å²) in [6.07, 6.45) is -5.23. The first-order valence-electron chi connectivity index (χ1n) is 16.1. The van der Waals surface area contributed by atoms with Crippen LogP contribution in [0.25, 0.3) is 22.1 Å². The van der Waals surface area contributed by atoms with E-state index < -0.39 is 76.6 Å². The molecule has 0 spiro atoms. The Morgan fingerprint density at radius 3 is 2.50 bits per heavy atom. The molecule has 9 nitrogen and oxygen atoms in total. The fraction of sp³-hybridized carbons (Fsp3) is 0.333. The number of nitrogens with two attached hydrogens (primary N) is 1. The number of nitrogen functional groups attached to an aromatic ring is 1. The Kier molecular flexibility index (Phi) is 8.32. The molecule has 1 saturated carbocycles. The summed E-state index contributed by atoms with van der Waals surface area (Å²) in [5, 5.41) is 20.6. The Balaban J connectivity index is 1.35. The molecule has 2 aliphatic rings. The van der Waals surface area contributed by atoms with Gasteiger partial charge in [0.2, 0.25) is 5.91 Å². The average Bonchev–Trinajstić information content (AvgIpc) is 3.63. The lowest BCUT2D eigenvalue weighted by Crippen LogP contribution is -2.36. The highest BCUT2D eigenvalue weighted by atomic mass is 19.4. The standard InChI is InChI=1S/C36H29F7N6O3/c1-34(2,51)11-10-20-6-7-21(22-4-3-5-24-30(22)52-48-33(24)44)29(45-20)26(14-17-12-18(37)15-19(38)13-17)46-27(50)16-49-32-28(31(47-49)36(41,42)43)23-8-9-25(23)35(32,39)40/h3-7,12-13,15,23,25-26,51H,8-9,14,16H2,1-2H3,(H2,44,48)(H,46,50). The number of hydrogen-bond donors (Lipinski definition) is 3. The van der Waals surface area contributed by atoms with Crippen LogP contribution in [0.2, 0.25) is 0 Å². The molecule has 5 aromatic rings. The third kappa shape index (κ3) is 6.33. The first-order valence-corrected chi connectivity index (χ1v) is 16.1. The number of aromatic nitrogens is 4. The number of aliphatic hydroxyl groups is 1. The molecule has 7 rings (SSSR count). The van der Waals surface area contributed by atoms with E-state index in [2.05, 4.69) is 32.4 Å². The Morgan fingerprint density at radius 2 is 1.85 bits per heavy atom. The zero-order chi connectivity index (χ0) is 37.3. The minimum Gasteiger partial charge on any atom is -0.380 e. The first kappa shape index (κ1) is 35.0. The lowest BCUT2D eigenvalue weighted by atomic mass is 9.73. The van der Waals surface area contributed by atoms with Gasteiger partial charge in [-0.2, -0.15) is 27.1 Å². The number of hydrogen-bond acceptors (Lipinski definition) is 7. The van der Waals surface area contributed by atoms with Gasteiger partial charge in [0.1, 0.15) is 35.2 Å². The van der Waals surface area contributed by atoms with E-state index in [1.807, 2.05) is 0 Å². The van der Waals surface area contributed by atoms with Crippen LogP contribution >= 0.6 is 0 Å². The zero-order valence-corrected chi connectivity index (χ0v) is 27.5. The van der Waals surface area contributed by atoms with Crippen molar-refractivity contribution in [2.45, 2.75) is 69.3 Å². The molecule has 0 bridgehead atoms. The van der Waals surface area contributed by atoms with Gasteiger partial charge in [0.15, 0.2) is 17.1 Å². The summed E-state index contributed by atoms with van der Waals surface area (Å²) in [5.41, 5.74) is 2.64. The van der Waals surface area contributed by atoms with Crippen molar-refractivity contribution in [2.75, 3.05) is 5.73 Å². The molecule has 1 amide bonds. The third-order valence-electron chi connectivity index (χ3n) is 9.24. The van der Waals surface area contributed by atoms with E-state index in [1.54, 1.807) is 24.3 Å². The van der Waals surface area contributed by atoms with E-state index in [1.165, 1.54) is 19.9 Å². The Labute approximate surface area is 291 Å². The second kappa shape index (κ2) is 12.4. The SMILES string of the molecule is CC(C)(O)C#Cc1ccc(-c2cccc3c(N)noc23)c(C(Cc2cc(F)cc(F)c2)NC(=O)Cn2nc(C(F)(F)F)c3c2C(F)(F)C2CCC32)n1. The maximum absolute atomic E-state index is 15.5. The number of fused-ring (bicyclic) bond motifs is 4. The number of amides is 1. The molecule has 52 heavy (non-hydrogen) atoms. The quantitative estimate of drug-likeness (QED) is 0.124. The normalized spacial score (nSPS) is 18.3. The number of carbonyl (C=O) groups excluding carboxylic acids is 1. The van der Waals surface area contributed by atoms with E-state index in [9.17, 15) is 31.9 Å². The molecule has 270 valence electrons. The molecular weight excluding hydrogens is 697 g/mol. The van der Waals surface area contributed by atoms with Gasteiger partial charge in [0.25, 0.3) is 5.92 Å². The van der Waals surface area contributed by atoms with Gasteiger partial charge >= 0.3 is 6.18 Å². The molecule has 0 radical (unpaired) electrons. The Bertz CT molecular complexity index is 2280. The molecule has 0 saturated heterocycles. The number of nitrogens with zero attached hydrogens (tertiary/aromatic N) is 4. The molecule has 0 aliphatic heterocycles. The Morgan fingerprint density at radius 1 is 1.12 bits per heavy atom. The van der Waals surface area contributed by atoms with Crippen LogP contribution in [0.15, 0.2) is 53.1 Å². The van der Waals surface area contributed by atoms with Crippen LogP contribution in [0, 0.1) is 29.4 Å². The van der Waals surface area contributed by atoms with Gasteiger partial charge in [0.05, 0.1) is 17.1 Å². The van der Waals surface area contributed by atoms with Crippen molar-refractivity contribution in [3.8, 4) is 23.0 Å². The van der Waals surface area contributed by atoms with Gasteiger partial charge in [-0.1, -0.05) is 23.2 Å². The number of carbonyl (C=O) groups is 1. The molecule has 3 heterocycles. The number of rotatable bonds is 7. The number of para-hydroxylation sites is 1. The van der Waals surface area contributed by atoms with Crippen LogP contribution in [0.4, 0.5) is 36.6 Å². The summed E-state index contributed by atoms with van der Waals surface area (Å²) < 4.78 is 108. The number of halogens is 7. The van der Waals surface area contributed by atoms with Crippen molar-refractivity contribution in [2.24, 2.45) is 5.92 Å². The monoisotopic (exact) mass is 726 g/mol. The predicted octanol–water partition coefficient (Wildman–Crippen LogP) is 6.79. The summed E-state index contributed by atoms with van der Waals surface area (Å²) in [6, 6.07) is 9.40. The zero-order valence-electron chi connectivity index (χ0n) is 27.5. The highest BCUT2D eigenvalue weighted by molar-refractivity contribution is 5.98. The fourth-order valence-electron chi connectivity index (χ4n) is 6.96. The van der Waals surface area contributed by atoms with Crippen LogP contribution in [-0.4, -0.2) is 36.5 Å². The fourth-order valence-corrected chi connectivity index (χ4v) is 6.96. The van der Waals surface area contributed by atoms with Gasteiger partial charge in [-0.25, -0.2) is 13.8 Å².